The van der Waals surface area contributed by atoms with E-state index < -0.39 is 5.24 Å². The fraction of sp³-hybridized carbons (Fsp3) is 0.385. The highest BCUT2D eigenvalue weighted by Gasteiger charge is 2.34. The van der Waals surface area contributed by atoms with Crippen LogP contribution in [0.5, 0.6) is 0 Å². The Labute approximate surface area is 105 Å². The molecule has 1 aliphatic heterocycles. The maximum atomic E-state index is 11.9. The summed E-state index contributed by atoms with van der Waals surface area (Å²) in [4.78, 5) is 24.6. The molecule has 2 rings (SSSR count). The molecule has 1 aromatic rings. The molecule has 17 heavy (non-hydrogen) atoms. The van der Waals surface area contributed by atoms with Gasteiger partial charge in [-0.05, 0) is 42.6 Å². The van der Waals surface area contributed by atoms with E-state index in [0.29, 0.717) is 6.54 Å². The van der Waals surface area contributed by atoms with E-state index in [-0.39, 0.29) is 18.2 Å². The molecule has 0 N–H and O–H groups in total. The van der Waals surface area contributed by atoms with Crippen LogP contribution in [0.4, 0.5) is 5.69 Å². The van der Waals surface area contributed by atoms with Crippen molar-refractivity contribution in [2.45, 2.75) is 20.3 Å². The van der Waals surface area contributed by atoms with Crippen molar-refractivity contribution in [1.82, 2.24) is 0 Å². The summed E-state index contributed by atoms with van der Waals surface area (Å²) < 4.78 is 0. The zero-order valence-corrected chi connectivity index (χ0v) is 10.6. The average molecular weight is 252 g/mol. The molecule has 4 heteroatoms. The van der Waals surface area contributed by atoms with Gasteiger partial charge in [-0.25, -0.2) is 0 Å². The number of carbonyl (C=O) groups excluding carboxylic acids is 2. The monoisotopic (exact) mass is 251 g/mol. The molecule has 3 nitrogen and oxygen atoms in total. The topological polar surface area (TPSA) is 37.4 Å². The van der Waals surface area contributed by atoms with Crippen LogP contribution in [0.2, 0.25) is 0 Å². The molecular weight excluding hydrogens is 238 g/mol. The first kappa shape index (κ1) is 12.1. The number of rotatable bonds is 2. The summed E-state index contributed by atoms with van der Waals surface area (Å²) in [6.45, 7) is 4.33. The third kappa shape index (κ3) is 2.34. The number of aryl methyl sites for hydroxylation is 2. The molecular formula is C13H14ClNO2. The number of hydrogen-bond donors (Lipinski definition) is 0. The number of nitrogens with zero attached hydrogens (tertiary/aromatic N) is 1. The number of halogens is 1. The van der Waals surface area contributed by atoms with Gasteiger partial charge in [0.05, 0.1) is 5.92 Å². The standard InChI is InChI=1S/C13H14ClNO2/c1-8-3-4-9(2)11(5-8)15-7-10(13(14)17)6-12(15)16/h3-5,10H,6-7H2,1-2H3/t10-/m0/s1. The highest BCUT2D eigenvalue weighted by atomic mass is 35.5. The third-order valence-electron chi connectivity index (χ3n) is 3.10. The van der Waals surface area contributed by atoms with Crippen molar-refractivity contribution < 1.29 is 9.59 Å². The highest BCUT2D eigenvalue weighted by Crippen LogP contribution is 2.29. The minimum absolute atomic E-state index is 0.0299. The van der Waals surface area contributed by atoms with Gasteiger partial charge in [0.2, 0.25) is 11.1 Å². The van der Waals surface area contributed by atoms with E-state index in [1.807, 2.05) is 32.0 Å². The van der Waals surface area contributed by atoms with Gasteiger partial charge in [0.15, 0.2) is 0 Å². The molecule has 90 valence electrons. The van der Waals surface area contributed by atoms with E-state index in [2.05, 4.69) is 0 Å². The molecule has 1 aliphatic rings. The Morgan fingerprint density at radius 3 is 2.71 bits per heavy atom. The first-order chi connectivity index (χ1) is 7.99. The lowest BCUT2D eigenvalue weighted by molar-refractivity contribution is -0.120. The van der Waals surface area contributed by atoms with Crippen molar-refractivity contribution in [2.75, 3.05) is 11.4 Å². The highest BCUT2D eigenvalue weighted by molar-refractivity contribution is 6.64. The van der Waals surface area contributed by atoms with E-state index in [4.69, 9.17) is 11.6 Å². The molecule has 0 unspecified atom stereocenters. The second kappa shape index (κ2) is 4.49. The minimum Gasteiger partial charge on any atom is -0.311 e. The lowest BCUT2D eigenvalue weighted by Gasteiger charge is -2.19. The Morgan fingerprint density at radius 2 is 2.12 bits per heavy atom. The zero-order valence-electron chi connectivity index (χ0n) is 9.87. The molecule has 1 aromatic carbocycles. The van der Waals surface area contributed by atoms with E-state index in [0.717, 1.165) is 16.8 Å². The van der Waals surface area contributed by atoms with Crippen LogP contribution in [0.25, 0.3) is 0 Å². The Hall–Kier alpha value is -1.35. The van der Waals surface area contributed by atoms with Crippen LogP contribution < -0.4 is 4.90 Å². The Kier molecular flexibility index (Phi) is 3.20. The van der Waals surface area contributed by atoms with E-state index in [1.165, 1.54) is 0 Å². The molecule has 1 amide bonds. The van der Waals surface area contributed by atoms with Crippen LogP contribution in [-0.4, -0.2) is 17.7 Å². The van der Waals surface area contributed by atoms with Crippen LogP contribution in [0, 0.1) is 19.8 Å². The summed E-state index contributed by atoms with van der Waals surface area (Å²) >= 11 is 5.46. The molecule has 0 aliphatic carbocycles. The summed E-state index contributed by atoms with van der Waals surface area (Å²) in [5, 5.41) is -0.425. The zero-order chi connectivity index (χ0) is 12.6. The molecule has 0 bridgehead atoms. The van der Waals surface area contributed by atoms with Crippen LogP contribution >= 0.6 is 11.6 Å². The van der Waals surface area contributed by atoms with Gasteiger partial charge < -0.3 is 4.90 Å². The minimum atomic E-state index is -0.425. The predicted molar refractivity (Wildman–Crippen MR) is 67.2 cm³/mol. The first-order valence-electron chi connectivity index (χ1n) is 5.56. The van der Waals surface area contributed by atoms with Crippen molar-refractivity contribution in [2.24, 2.45) is 5.92 Å². The largest absolute Gasteiger partial charge is 0.311 e. The van der Waals surface area contributed by atoms with Crippen molar-refractivity contribution in [1.29, 1.82) is 0 Å². The van der Waals surface area contributed by atoms with Crippen LogP contribution in [0.1, 0.15) is 17.5 Å². The van der Waals surface area contributed by atoms with Gasteiger partial charge in [0.25, 0.3) is 0 Å². The normalized spacial score (nSPS) is 19.8. The van der Waals surface area contributed by atoms with Crippen molar-refractivity contribution in [3.63, 3.8) is 0 Å². The summed E-state index contributed by atoms with van der Waals surface area (Å²) in [6, 6.07) is 5.95. The summed E-state index contributed by atoms with van der Waals surface area (Å²) in [7, 11) is 0. The number of amides is 1. The maximum absolute atomic E-state index is 11.9. The molecule has 1 atom stereocenters. The molecule has 1 heterocycles. The first-order valence-corrected chi connectivity index (χ1v) is 5.94. The lowest BCUT2D eigenvalue weighted by atomic mass is 10.1. The van der Waals surface area contributed by atoms with E-state index >= 15 is 0 Å². The van der Waals surface area contributed by atoms with Crippen molar-refractivity contribution in [3.8, 4) is 0 Å². The fourth-order valence-corrected chi connectivity index (χ4v) is 2.25. The summed E-state index contributed by atoms with van der Waals surface area (Å²) in [5.41, 5.74) is 3.01. The van der Waals surface area contributed by atoms with E-state index in [9.17, 15) is 9.59 Å². The SMILES string of the molecule is Cc1ccc(C)c(N2C[C@@H](C(=O)Cl)CC2=O)c1. The molecule has 0 saturated carbocycles. The van der Waals surface area contributed by atoms with Crippen molar-refractivity contribution >= 4 is 28.4 Å². The van der Waals surface area contributed by atoms with Gasteiger partial charge in [0, 0.05) is 18.7 Å². The second-order valence-electron chi connectivity index (χ2n) is 4.50. The second-order valence-corrected chi connectivity index (χ2v) is 4.87. The molecule has 1 saturated heterocycles. The molecule has 0 spiro atoms. The quantitative estimate of drug-likeness (QED) is 0.757. The Morgan fingerprint density at radius 1 is 1.41 bits per heavy atom. The summed E-state index contributed by atoms with van der Waals surface area (Å²) in [5.74, 6) is -0.401. The summed E-state index contributed by atoms with van der Waals surface area (Å²) in [6.07, 6.45) is 0.218. The van der Waals surface area contributed by atoms with Crippen molar-refractivity contribution in [3.05, 3.63) is 29.3 Å². The molecule has 0 radical (unpaired) electrons. The van der Waals surface area contributed by atoms with Crippen LogP contribution in [0.3, 0.4) is 0 Å². The molecule has 0 aromatic heterocycles. The van der Waals surface area contributed by atoms with Gasteiger partial charge in [-0.2, -0.15) is 0 Å². The number of carbonyl (C=O) groups is 2. The molecule has 1 fully saturated rings. The van der Waals surface area contributed by atoms with Crippen LogP contribution in [-0.2, 0) is 9.59 Å². The lowest BCUT2D eigenvalue weighted by Crippen LogP contribution is -2.26. The third-order valence-corrected chi connectivity index (χ3v) is 3.41. The predicted octanol–water partition coefficient (Wildman–Crippen LogP) is 2.42. The van der Waals surface area contributed by atoms with Crippen LogP contribution in [0.15, 0.2) is 18.2 Å². The number of anilines is 1. The van der Waals surface area contributed by atoms with Gasteiger partial charge in [-0.1, -0.05) is 12.1 Å². The van der Waals surface area contributed by atoms with Gasteiger partial charge in [-0.3, -0.25) is 9.59 Å². The number of hydrogen-bond acceptors (Lipinski definition) is 2. The smallest absolute Gasteiger partial charge is 0.227 e. The average Bonchev–Trinajstić information content (AvgIpc) is 2.64. The fourth-order valence-electron chi connectivity index (χ4n) is 2.10. The van der Waals surface area contributed by atoms with Gasteiger partial charge >= 0.3 is 0 Å². The number of benzene rings is 1. The van der Waals surface area contributed by atoms with Gasteiger partial charge in [-0.15, -0.1) is 0 Å². The van der Waals surface area contributed by atoms with E-state index in [1.54, 1.807) is 4.90 Å². The van der Waals surface area contributed by atoms with Gasteiger partial charge in [0.1, 0.15) is 0 Å². The Balaban J connectivity index is 2.32. The Bertz CT molecular complexity index is 484. The maximum Gasteiger partial charge on any atom is 0.227 e.